The molecule has 1 aliphatic heterocycles. The van der Waals surface area contributed by atoms with Crippen molar-refractivity contribution in [2.24, 2.45) is 0 Å². The first-order valence-electron chi connectivity index (χ1n) is 5.22. The van der Waals surface area contributed by atoms with Crippen LogP contribution in [0.4, 0.5) is 0 Å². The van der Waals surface area contributed by atoms with Gasteiger partial charge in [0.05, 0.1) is 5.92 Å². The number of benzene rings is 1. The number of carbonyl (C=O) groups excluding carboxylic acids is 1. The lowest BCUT2D eigenvalue weighted by molar-refractivity contribution is -0.122. The fraction of sp³-hybridized carbons (Fsp3) is 0.308. The minimum atomic E-state index is -0.00361. The van der Waals surface area contributed by atoms with Crippen molar-refractivity contribution >= 4 is 5.91 Å². The lowest BCUT2D eigenvalue weighted by Crippen LogP contribution is -2.33. The van der Waals surface area contributed by atoms with Gasteiger partial charge in [0.2, 0.25) is 5.91 Å². The number of hydrogen-bond donors (Lipinski definition) is 1. The summed E-state index contributed by atoms with van der Waals surface area (Å²) < 4.78 is 0. The molecule has 1 aromatic carbocycles. The molecule has 2 nitrogen and oxygen atoms in total. The second-order valence-corrected chi connectivity index (χ2v) is 4.09. The second kappa shape index (κ2) is 3.89. The van der Waals surface area contributed by atoms with Gasteiger partial charge in [0.1, 0.15) is 0 Å². The van der Waals surface area contributed by atoms with Gasteiger partial charge in [0, 0.05) is 5.70 Å². The summed E-state index contributed by atoms with van der Waals surface area (Å²) >= 11 is 0. The van der Waals surface area contributed by atoms with Gasteiger partial charge in [-0.15, -0.1) is 0 Å². The summed E-state index contributed by atoms with van der Waals surface area (Å²) in [6.45, 7) is 5.82. The van der Waals surface area contributed by atoms with Crippen LogP contribution in [-0.2, 0) is 4.79 Å². The summed E-state index contributed by atoms with van der Waals surface area (Å²) in [6, 6.07) is 8.17. The van der Waals surface area contributed by atoms with Crippen molar-refractivity contribution in [2.75, 3.05) is 0 Å². The number of piperidine rings is 1. The van der Waals surface area contributed by atoms with Crippen molar-refractivity contribution in [1.29, 1.82) is 0 Å². The number of hydrogen-bond acceptors (Lipinski definition) is 1. The van der Waals surface area contributed by atoms with E-state index in [2.05, 4.69) is 11.9 Å². The summed E-state index contributed by atoms with van der Waals surface area (Å²) in [5.41, 5.74) is 3.16. The normalized spacial score (nSPS) is 21.3. The van der Waals surface area contributed by atoms with Crippen LogP contribution < -0.4 is 5.32 Å². The number of rotatable bonds is 1. The van der Waals surface area contributed by atoms with E-state index in [4.69, 9.17) is 0 Å². The van der Waals surface area contributed by atoms with E-state index in [-0.39, 0.29) is 11.8 Å². The Hall–Kier alpha value is -1.57. The van der Waals surface area contributed by atoms with Crippen LogP contribution in [0, 0.1) is 6.92 Å². The number of aryl methyl sites for hydroxylation is 1. The molecule has 0 aromatic heterocycles. The van der Waals surface area contributed by atoms with Gasteiger partial charge in [-0.1, -0.05) is 36.4 Å². The molecule has 78 valence electrons. The van der Waals surface area contributed by atoms with E-state index in [0.29, 0.717) is 0 Å². The number of allylic oxidation sites excluding steroid dienone is 1. The molecule has 1 unspecified atom stereocenters. The van der Waals surface area contributed by atoms with Crippen molar-refractivity contribution < 1.29 is 4.79 Å². The highest BCUT2D eigenvalue weighted by molar-refractivity contribution is 5.86. The zero-order valence-corrected chi connectivity index (χ0v) is 8.92. The van der Waals surface area contributed by atoms with Crippen LogP contribution in [0.1, 0.15) is 29.9 Å². The highest BCUT2D eigenvalue weighted by atomic mass is 16.1. The predicted octanol–water partition coefficient (Wildman–Crippen LogP) is 2.50. The van der Waals surface area contributed by atoms with Crippen molar-refractivity contribution in [3.63, 3.8) is 0 Å². The summed E-state index contributed by atoms with van der Waals surface area (Å²) in [5, 5.41) is 2.81. The minimum absolute atomic E-state index is 0.00361. The zero-order chi connectivity index (χ0) is 10.8. The topological polar surface area (TPSA) is 29.1 Å². The number of nitrogens with one attached hydrogen (secondary N) is 1. The molecule has 0 radical (unpaired) electrons. The van der Waals surface area contributed by atoms with Crippen molar-refractivity contribution in [1.82, 2.24) is 5.32 Å². The lowest BCUT2D eigenvalue weighted by Gasteiger charge is -2.23. The van der Waals surface area contributed by atoms with E-state index in [0.717, 1.165) is 24.1 Å². The largest absolute Gasteiger partial charge is 0.330 e. The van der Waals surface area contributed by atoms with E-state index < -0.39 is 0 Å². The molecule has 2 heteroatoms. The highest BCUT2D eigenvalue weighted by Crippen LogP contribution is 2.27. The Bertz CT molecular complexity index is 392. The standard InChI is InChI=1S/C13H15NO/c1-9-3-6-11(7-4-9)12-8-5-10(2)14-13(12)15/h3-4,6-7,12H,2,5,8H2,1H3,(H,14,15). The molecule has 2 rings (SSSR count). The Morgan fingerprint density at radius 2 is 2.00 bits per heavy atom. The minimum Gasteiger partial charge on any atom is -0.330 e. The molecule has 1 amide bonds. The van der Waals surface area contributed by atoms with E-state index in [1.54, 1.807) is 0 Å². The van der Waals surface area contributed by atoms with Gasteiger partial charge in [-0.05, 0) is 25.3 Å². The van der Waals surface area contributed by atoms with Gasteiger partial charge in [-0.2, -0.15) is 0 Å². The molecule has 1 heterocycles. The molecule has 1 fully saturated rings. The third-order valence-corrected chi connectivity index (χ3v) is 2.83. The molecule has 1 aromatic rings. The Kier molecular flexibility index (Phi) is 2.58. The molecular weight excluding hydrogens is 186 g/mol. The van der Waals surface area contributed by atoms with Gasteiger partial charge in [0.15, 0.2) is 0 Å². The van der Waals surface area contributed by atoms with Crippen LogP contribution in [0.5, 0.6) is 0 Å². The zero-order valence-electron chi connectivity index (χ0n) is 8.92. The average Bonchev–Trinajstić information content (AvgIpc) is 2.20. The summed E-state index contributed by atoms with van der Waals surface area (Å²) in [6.07, 6.45) is 1.75. The molecule has 15 heavy (non-hydrogen) atoms. The number of amides is 1. The molecule has 0 saturated carbocycles. The molecule has 1 aliphatic rings. The first kappa shape index (κ1) is 9.97. The molecular formula is C13H15NO. The number of carbonyl (C=O) groups is 1. The second-order valence-electron chi connectivity index (χ2n) is 4.09. The van der Waals surface area contributed by atoms with E-state index in [1.165, 1.54) is 5.56 Å². The molecule has 1 N–H and O–H groups in total. The fourth-order valence-electron chi connectivity index (χ4n) is 1.89. The Morgan fingerprint density at radius 1 is 1.33 bits per heavy atom. The van der Waals surface area contributed by atoms with Crippen molar-refractivity contribution in [3.05, 3.63) is 47.7 Å². The maximum absolute atomic E-state index is 11.7. The van der Waals surface area contributed by atoms with E-state index in [9.17, 15) is 4.79 Å². The molecule has 1 atom stereocenters. The maximum atomic E-state index is 11.7. The van der Waals surface area contributed by atoms with E-state index >= 15 is 0 Å². The van der Waals surface area contributed by atoms with Crippen LogP contribution in [0.15, 0.2) is 36.5 Å². The van der Waals surface area contributed by atoms with Gasteiger partial charge in [-0.25, -0.2) is 0 Å². The van der Waals surface area contributed by atoms with Crippen LogP contribution in [-0.4, -0.2) is 5.91 Å². The first-order chi connectivity index (χ1) is 7.16. The lowest BCUT2D eigenvalue weighted by atomic mass is 9.89. The quantitative estimate of drug-likeness (QED) is 0.743. The third-order valence-electron chi connectivity index (χ3n) is 2.83. The highest BCUT2D eigenvalue weighted by Gasteiger charge is 2.24. The Balaban J connectivity index is 2.20. The summed E-state index contributed by atoms with van der Waals surface area (Å²) in [4.78, 5) is 11.7. The van der Waals surface area contributed by atoms with Gasteiger partial charge >= 0.3 is 0 Å². The Labute approximate surface area is 90.0 Å². The average molecular weight is 201 g/mol. The van der Waals surface area contributed by atoms with Gasteiger partial charge < -0.3 is 5.32 Å². The van der Waals surface area contributed by atoms with Crippen LogP contribution in [0.2, 0.25) is 0 Å². The third kappa shape index (κ3) is 2.09. The van der Waals surface area contributed by atoms with Crippen molar-refractivity contribution in [3.8, 4) is 0 Å². The van der Waals surface area contributed by atoms with Crippen molar-refractivity contribution in [2.45, 2.75) is 25.7 Å². The van der Waals surface area contributed by atoms with Crippen LogP contribution in [0.25, 0.3) is 0 Å². The first-order valence-corrected chi connectivity index (χ1v) is 5.22. The fourth-order valence-corrected chi connectivity index (χ4v) is 1.89. The molecule has 0 bridgehead atoms. The van der Waals surface area contributed by atoms with E-state index in [1.807, 2.05) is 31.2 Å². The Morgan fingerprint density at radius 3 is 2.60 bits per heavy atom. The summed E-state index contributed by atoms with van der Waals surface area (Å²) in [5.74, 6) is 0.0752. The SMILES string of the molecule is C=C1CCC(c2ccc(C)cc2)C(=O)N1. The van der Waals surface area contributed by atoms with Gasteiger partial charge in [0.25, 0.3) is 0 Å². The molecule has 0 aliphatic carbocycles. The smallest absolute Gasteiger partial charge is 0.231 e. The molecule has 0 spiro atoms. The van der Waals surface area contributed by atoms with Gasteiger partial charge in [-0.3, -0.25) is 4.79 Å². The maximum Gasteiger partial charge on any atom is 0.231 e. The summed E-state index contributed by atoms with van der Waals surface area (Å²) in [7, 11) is 0. The van der Waals surface area contributed by atoms with Crippen LogP contribution >= 0.6 is 0 Å². The van der Waals surface area contributed by atoms with Crippen LogP contribution in [0.3, 0.4) is 0 Å². The monoisotopic (exact) mass is 201 g/mol. The predicted molar refractivity (Wildman–Crippen MR) is 60.4 cm³/mol. The molecule has 1 saturated heterocycles.